The SMILES string of the molecule is [2H]c1ccc2c(c1)OC(C1=N[C@H]([2H])[C@@H]([2H])N1)CO2. The van der Waals surface area contributed by atoms with Gasteiger partial charge in [0.2, 0.25) is 0 Å². The van der Waals surface area contributed by atoms with Gasteiger partial charge in [0, 0.05) is 6.52 Å². The van der Waals surface area contributed by atoms with E-state index in [0.29, 0.717) is 23.4 Å². The van der Waals surface area contributed by atoms with E-state index in [1.165, 1.54) is 0 Å². The zero-order chi connectivity index (χ0) is 12.7. The molecule has 0 amide bonds. The third-order valence-electron chi connectivity index (χ3n) is 2.27. The fourth-order valence-corrected chi connectivity index (χ4v) is 1.55. The highest BCUT2D eigenvalue weighted by molar-refractivity contribution is 5.88. The number of hydrogen-bond donors (Lipinski definition) is 1. The summed E-state index contributed by atoms with van der Waals surface area (Å²) in [5.74, 6) is 1.57. The molecule has 15 heavy (non-hydrogen) atoms. The lowest BCUT2D eigenvalue weighted by Crippen LogP contribution is -2.42. The van der Waals surface area contributed by atoms with Gasteiger partial charge < -0.3 is 14.8 Å². The predicted octanol–water partition coefficient (Wildman–Crippen LogP) is 0.828. The van der Waals surface area contributed by atoms with E-state index in [9.17, 15) is 0 Å². The van der Waals surface area contributed by atoms with E-state index < -0.39 is 19.1 Å². The second kappa shape index (κ2) is 3.46. The van der Waals surface area contributed by atoms with E-state index in [2.05, 4.69) is 10.3 Å². The van der Waals surface area contributed by atoms with Crippen LogP contribution in [0, 0.1) is 0 Å². The van der Waals surface area contributed by atoms with Crippen LogP contribution in [-0.2, 0) is 0 Å². The van der Waals surface area contributed by atoms with Crippen LogP contribution in [0.1, 0.15) is 4.11 Å². The number of aliphatic imine (C=N–C) groups is 1. The first-order chi connectivity index (χ1) is 8.63. The molecule has 4 nitrogen and oxygen atoms in total. The number of para-hydroxylation sites is 2. The van der Waals surface area contributed by atoms with E-state index in [1.54, 1.807) is 18.2 Å². The lowest BCUT2D eigenvalue weighted by Gasteiger charge is -2.26. The third kappa shape index (κ3) is 1.52. The minimum Gasteiger partial charge on any atom is -0.485 e. The van der Waals surface area contributed by atoms with Gasteiger partial charge in [0.05, 0.1) is 10.6 Å². The highest BCUT2D eigenvalue weighted by Gasteiger charge is 2.26. The van der Waals surface area contributed by atoms with Crippen molar-refractivity contribution in [2.75, 3.05) is 19.6 Å². The van der Waals surface area contributed by atoms with E-state index in [4.69, 9.17) is 13.6 Å². The summed E-state index contributed by atoms with van der Waals surface area (Å²) in [7, 11) is 0. The largest absolute Gasteiger partial charge is 0.485 e. The standard InChI is InChI=1S/C11H12N2O2/c1-2-4-9-8(3-1)14-7-10(15-9)11-12-5-6-13-11/h1-4,10H,5-7H2,(H,12,13)/i2D,5D,6D/t5-,6-,10?/m1/s1. The van der Waals surface area contributed by atoms with Gasteiger partial charge in [-0.25, -0.2) is 0 Å². The smallest absolute Gasteiger partial charge is 0.189 e. The number of hydrogen-bond acceptors (Lipinski definition) is 4. The molecule has 2 aliphatic heterocycles. The maximum atomic E-state index is 7.53. The van der Waals surface area contributed by atoms with Crippen LogP contribution in [0.3, 0.4) is 0 Å². The highest BCUT2D eigenvalue weighted by atomic mass is 16.6. The number of amidine groups is 1. The first-order valence-corrected chi connectivity index (χ1v) is 4.72. The number of fused-ring (bicyclic) bond motifs is 1. The lowest BCUT2D eigenvalue weighted by atomic mass is 10.2. The van der Waals surface area contributed by atoms with Crippen molar-refractivity contribution in [3.63, 3.8) is 0 Å². The Bertz CT molecular complexity index is 509. The number of rotatable bonds is 1. The Kier molecular flexibility index (Phi) is 1.38. The van der Waals surface area contributed by atoms with Crippen LogP contribution in [0.25, 0.3) is 0 Å². The van der Waals surface area contributed by atoms with Gasteiger partial charge in [-0.1, -0.05) is 12.1 Å². The minimum atomic E-state index is -0.826. The predicted molar refractivity (Wildman–Crippen MR) is 56.7 cm³/mol. The molecular formula is C11H12N2O2. The molecular weight excluding hydrogens is 192 g/mol. The highest BCUT2D eigenvalue weighted by Crippen LogP contribution is 2.31. The molecule has 0 spiro atoms. The van der Waals surface area contributed by atoms with Crippen LogP contribution in [0.5, 0.6) is 11.5 Å². The molecule has 0 saturated heterocycles. The van der Waals surface area contributed by atoms with Crippen LogP contribution >= 0.6 is 0 Å². The summed E-state index contributed by atoms with van der Waals surface area (Å²) in [6.45, 7) is -1.30. The summed E-state index contributed by atoms with van der Waals surface area (Å²) in [4.78, 5) is 4.02. The van der Waals surface area contributed by atoms with Crippen molar-refractivity contribution in [3.05, 3.63) is 24.2 Å². The van der Waals surface area contributed by atoms with Crippen molar-refractivity contribution in [3.8, 4) is 11.5 Å². The third-order valence-corrected chi connectivity index (χ3v) is 2.27. The first kappa shape index (κ1) is 6.00. The fraction of sp³-hybridized carbons (Fsp3) is 0.364. The molecule has 2 heterocycles. The van der Waals surface area contributed by atoms with Gasteiger partial charge in [0.15, 0.2) is 17.6 Å². The quantitative estimate of drug-likeness (QED) is 0.741. The molecule has 0 aliphatic carbocycles. The van der Waals surface area contributed by atoms with Gasteiger partial charge in [-0.3, -0.25) is 4.99 Å². The van der Waals surface area contributed by atoms with Crippen LogP contribution in [0.2, 0.25) is 0 Å². The van der Waals surface area contributed by atoms with Crippen LogP contribution in [0.15, 0.2) is 29.2 Å². The van der Waals surface area contributed by atoms with Gasteiger partial charge >= 0.3 is 0 Å². The molecule has 0 radical (unpaired) electrons. The Morgan fingerprint density at radius 3 is 3.40 bits per heavy atom. The molecule has 0 fully saturated rings. The molecule has 3 rings (SSSR count). The van der Waals surface area contributed by atoms with Crippen molar-refractivity contribution >= 4 is 5.84 Å². The Morgan fingerprint density at radius 2 is 2.53 bits per heavy atom. The summed E-state index contributed by atoms with van der Waals surface area (Å²) in [5.41, 5.74) is 0. The molecule has 2 aliphatic rings. The molecule has 4 heteroatoms. The van der Waals surface area contributed by atoms with Crippen LogP contribution in [-0.4, -0.2) is 31.6 Å². The Balaban J connectivity index is 1.81. The topological polar surface area (TPSA) is 42.8 Å². The lowest BCUT2D eigenvalue weighted by molar-refractivity contribution is 0.133. The normalized spacial score (nSPS) is 35.9. The van der Waals surface area contributed by atoms with Crippen molar-refractivity contribution in [1.29, 1.82) is 0 Å². The average Bonchev–Trinajstić information content (AvgIpc) is 2.69. The van der Waals surface area contributed by atoms with E-state index >= 15 is 0 Å². The first-order valence-electron chi connectivity index (χ1n) is 6.38. The molecule has 1 aromatic carbocycles. The zero-order valence-corrected chi connectivity index (χ0v) is 7.93. The Hall–Kier alpha value is -1.71. The molecule has 3 atom stereocenters. The van der Waals surface area contributed by atoms with Crippen molar-refractivity contribution in [2.45, 2.75) is 6.10 Å². The number of nitrogens with one attached hydrogen (secondary N) is 1. The van der Waals surface area contributed by atoms with Gasteiger partial charge in [-0.15, -0.1) is 0 Å². The van der Waals surface area contributed by atoms with E-state index in [1.807, 2.05) is 0 Å². The number of nitrogens with zero attached hydrogens (tertiary/aromatic N) is 1. The average molecular weight is 207 g/mol. The molecule has 1 unspecified atom stereocenters. The van der Waals surface area contributed by atoms with Crippen LogP contribution in [0.4, 0.5) is 0 Å². The van der Waals surface area contributed by atoms with Crippen molar-refractivity contribution in [2.24, 2.45) is 4.99 Å². The van der Waals surface area contributed by atoms with E-state index in [0.717, 1.165) is 0 Å². The van der Waals surface area contributed by atoms with Gasteiger partial charge in [0.25, 0.3) is 0 Å². The van der Waals surface area contributed by atoms with Gasteiger partial charge in [-0.05, 0) is 12.1 Å². The van der Waals surface area contributed by atoms with Crippen molar-refractivity contribution in [1.82, 2.24) is 5.32 Å². The fourth-order valence-electron chi connectivity index (χ4n) is 1.55. The maximum Gasteiger partial charge on any atom is 0.189 e. The molecule has 0 saturated carbocycles. The summed E-state index contributed by atoms with van der Waals surface area (Å²) < 4.78 is 33.8. The van der Waals surface area contributed by atoms with Crippen LogP contribution < -0.4 is 14.8 Å². The molecule has 1 aromatic rings. The summed E-state index contributed by atoms with van der Waals surface area (Å²) >= 11 is 0. The number of ether oxygens (including phenoxy) is 2. The van der Waals surface area contributed by atoms with E-state index in [-0.39, 0.29) is 6.61 Å². The molecule has 78 valence electrons. The summed E-state index contributed by atoms with van der Waals surface area (Å²) in [6, 6.07) is 5.25. The number of benzene rings is 1. The monoisotopic (exact) mass is 207 g/mol. The molecule has 0 aromatic heterocycles. The van der Waals surface area contributed by atoms with Gasteiger partial charge in [-0.2, -0.15) is 0 Å². The minimum absolute atomic E-state index is 0.287. The second-order valence-electron chi connectivity index (χ2n) is 3.26. The van der Waals surface area contributed by atoms with Gasteiger partial charge in [0.1, 0.15) is 12.4 Å². The maximum absolute atomic E-state index is 7.53. The Morgan fingerprint density at radius 1 is 1.53 bits per heavy atom. The summed E-state index contributed by atoms with van der Waals surface area (Å²) in [5, 5.41) is 2.80. The van der Waals surface area contributed by atoms with Crippen molar-refractivity contribution < 1.29 is 13.6 Å². The summed E-state index contributed by atoms with van der Waals surface area (Å²) in [6.07, 6.45) is -0.442. The zero-order valence-electron chi connectivity index (χ0n) is 10.9. The molecule has 0 bridgehead atoms. The second-order valence-corrected chi connectivity index (χ2v) is 3.26. The molecule has 1 N–H and O–H groups in total. The Labute approximate surface area is 92.1 Å².